The quantitative estimate of drug-likeness (QED) is 0.314. The van der Waals surface area contributed by atoms with Crippen LogP contribution in [0.5, 0.6) is 0 Å². The van der Waals surface area contributed by atoms with Crippen LogP contribution >= 0.6 is 0 Å². The van der Waals surface area contributed by atoms with Gasteiger partial charge in [-0.05, 0) is 12.1 Å². The van der Waals surface area contributed by atoms with Gasteiger partial charge in [-0.3, -0.25) is 0 Å². The summed E-state index contributed by atoms with van der Waals surface area (Å²) in [6, 6.07) is 8.83. The SMILES string of the molecule is [BH3-][NH2+]c1cccc([NH2+][BH3-])c1. The van der Waals surface area contributed by atoms with Gasteiger partial charge >= 0.3 is 0 Å². The first kappa shape index (κ1) is 7.38. The summed E-state index contributed by atoms with van der Waals surface area (Å²) >= 11 is 0. The fraction of sp³-hybridized carbons (Fsp3) is 0. The van der Waals surface area contributed by atoms with E-state index in [-0.39, 0.29) is 0 Å². The van der Waals surface area contributed by atoms with Crippen molar-refractivity contribution in [3.05, 3.63) is 24.3 Å². The van der Waals surface area contributed by atoms with Crippen molar-refractivity contribution in [3.63, 3.8) is 0 Å². The Morgan fingerprint density at radius 2 is 1.50 bits per heavy atom. The van der Waals surface area contributed by atoms with Gasteiger partial charge in [-0.1, -0.05) is 6.07 Å². The lowest BCUT2D eigenvalue weighted by atomic mass is 10.2. The van der Waals surface area contributed by atoms with Gasteiger partial charge in [0.2, 0.25) is 0 Å². The van der Waals surface area contributed by atoms with Gasteiger partial charge in [0, 0.05) is 0 Å². The standard InChI is InChI=1S/C6H14B2N2/c7-9-5-2-1-3-6(4-5)10-8/h1-4H,9-10H2,7-8H3. The van der Waals surface area contributed by atoms with E-state index < -0.39 is 0 Å². The van der Waals surface area contributed by atoms with Gasteiger partial charge < -0.3 is 10.5 Å². The van der Waals surface area contributed by atoms with Crippen LogP contribution in [0.3, 0.4) is 0 Å². The van der Waals surface area contributed by atoms with E-state index in [9.17, 15) is 0 Å². The van der Waals surface area contributed by atoms with Crippen LogP contribution in [0.25, 0.3) is 0 Å². The molecule has 1 aromatic rings. The van der Waals surface area contributed by atoms with Crippen LogP contribution in [0.2, 0.25) is 0 Å². The number of nitrogens with two attached hydrogens (primary N) is 2. The van der Waals surface area contributed by atoms with Gasteiger partial charge in [0.25, 0.3) is 0 Å². The summed E-state index contributed by atoms with van der Waals surface area (Å²) < 4.78 is 0. The fourth-order valence-electron chi connectivity index (χ4n) is 0.559. The summed E-state index contributed by atoms with van der Waals surface area (Å²) in [5, 5.41) is 4.76. The van der Waals surface area contributed by atoms with Crippen molar-refractivity contribution in [1.29, 1.82) is 0 Å². The van der Waals surface area contributed by atoms with Gasteiger partial charge in [-0.15, -0.1) is 0 Å². The smallest absolute Gasteiger partial charge is 0.170 e. The Morgan fingerprint density at radius 1 is 1.00 bits per heavy atom. The Labute approximate surface area is 62.9 Å². The summed E-state index contributed by atoms with van der Waals surface area (Å²) in [4.78, 5) is 0. The van der Waals surface area contributed by atoms with Crippen molar-refractivity contribution >= 4 is 27.3 Å². The van der Waals surface area contributed by atoms with Crippen LogP contribution in [0.4, 0.5) is 11.4 Å². The fourth-order valence-corrected chi connectivity index (χ4v) is 0.559. The molecule has 0 atom stereocenters. The highest BCUT2D eigenvalue weighted by Crippen LogP contribution is 2.03. The summed E-state index contributed by atoms with van der Waals surface area (Å²) in [5.41, 5.74) is 2.88. The first-order valence-electron chi connectivity index (χ1n) is 2.40. The molecule has 0 aliphatic rings. The lowest BCUT2D eigenvalue weighted by molar-refractivity contribution is -0.416. The number of hydrogen-bond donors (Lipinski definition) is 2. The molecule has 54 valence electrons. The van der Waals surface area contributed by atoms with E-state index in [4.69, 9.17) is 0 Å². The maximum atomic E-state index is 2.38. The average Bonchev–Trinajstić information content (AvgIpc) is 2.05. The zero-order chi connectivity index (χ0) is 7.40. The number of hydrogen-bond acceptors (Lipinski definition) is 0. The second-order valence-electron chi connectivity index (χ2n) is 1.67. The predicted octanol–water partition coefficient (Wildman–Crippen LogP) is -3.36. The largest absolute Gasteiger partial charge is 0.510 e. The van der Waals surface area contributed by atoms with E-state index >= 15 is 0 Å². The van der Waals surface area contributed by atoms with Crippen molar-refractivity contribution in [2.45, 2.75) is 0 Å². The highest BCUT2D eigenvalue weighted by Gasteiger charge is 1.91. The van der Waals surface area contributed by atoms with Gasteiger partial charge in [0.15, 0.2) is 16.0 Å². The molecule has 1 rings (SSSR count). The van der Waals surface area contributed by atoms with E-state index in [0.29, 0.717) is 16.0 Å². The third kappa shape index (κ3) is 1.62. The maximum Gasteiger partial charge on any atom is 0.170 e. The topological polar surface area (TPSA) is 33.2 Å². The Kier molecular flexibility index (Phi) is 2.54. The molecule has 0 amide bonds. The molecule has 4 heteroatoms. The Morgan fingerprint density at radius 3 is 1.90 bits per heavy atom. The zero-order valence-electron chi connectivity index (χ0n) is 4.46. The van der Waals surface area contributed by atoms with Gasteiger partial charge in [0.05, 0.1) is 17.4 Å². The maximum absolute atomic E-state index is 2.38. The van der Waals surface area contributed by atoms with Gasteiger partial charge in [0.1, 0.15) is 0 Å². The molecule has 0 spiro atoms. The molecule has 0 aliphatic carbocycles. The summed E-state index contributed by atoms with van der Waals surface area (Å²) in [7, 11) is 0.857. The van der Waals surface area contributed by atoms with Crippen molar-refractivity contribution in [2.75, 3.05) is 0 Å². The third-order valence-corrected chi connectivity index (χ3v) is 0.911. The molecular weight excluding hydrogens is 122 g/mol. The molecule has 0 heterocycles. The van der Waals surface area contributed by atoms with Gasteiger partial charge in [-0.2, -0.15) is 0 Å². The Hall–Kier alpha value is -0.730. The van der Waals surface area contributed by atoms with E-state index in [1.807, 2.05) is 0 Å². The van der Waals surface area contributed by atoms with Crippen LogP contribution in [0, 0.1) is 0 Å². The molecule has 1 aromatic carbocycles. The molecule has 10 heavy (non-hydrogen) atoms. The lowest BCUT2D eigenvalue weighted by Crippen LogP contribution is -2.77. The molecule has 0 unspecified atom stereocenters. The highest BCUT2D eigenvalue weighted by molar-refractivity contribution is 5.96. The highest BCUT2D eigenvalue weighted by atomic mass is 14.8. The third-order valence-electron chi connectivity index (χ3n) is 0.911. The second kappa shape index (κ2) is 3.44. The van der Waals surface area contributed by atoms with Crippen LogP contribution in [-0.2, 0) is 0 Å². The van der Waals surface area contributed by atoms with Crippen molar-refractivity contribution in [3.8, 4) is 0 Å². The van der Waals surface area contributed by atoms with Crippen LogP contribution in [-0.4, -0.2) is 16.0 Å². The van der Waals surface area contributed by atoms with E-state index in [2.05, 4.69) is 34.7 Å². The van der Waals surface area contributed by atoms with Crippen LogP contribution in [0.1, 0.15) is 0 Å². The summed E-state index contributed by atoms with van der Waals surface area (Å²) in [6.07, 6.45) is 0. The minimum absolute atomic E-state index is 0.429. The number of benzene rings is 1. The molecule has 0 radical (unpaired) electrons. The second-order valence-corrected chi connectivity index (χ2v) is 1.67. The Bertz CT molecular complexity index is 195. The van der Waals surface area contributed by atoms with E-state index in [1.54, 1.807) is 0 Å². The van der Waals surface area contributed by atoms with Gasteiger partial charge in [-0.25, -0.2) is 0 Å². The lowest BCUT2D eigenvalue weighted by Gasteiger charge is -2.01. The molecule has 0 saturated heterocycles. The van der Waals surface area contributed by atoms with E-state index in [0.717, 1.165) is 0 Å². The van der Waals surface area contributed by atoms with Crippen LogP contribution in [0.15, 0.2) is 24.3 Å². The molecular formula is C6H14B2N2. The molecule has 0 fully saturated rings. The summed E-state index contributed by atoms with van der Waals surface area (Å²) in [6.45, 7) is 0. The molecule has 0 aromatic heterocycles. The monoisotopic (exact) mass is 136 g/mol. The van der Waals surface area contributed by atoms with Crippen molar-refractivity contribution in [2.24, 2.45) is 0 Å². The first-order chi connectivity index (χ1) is 4.86. The molecule has 4 N–H and O–H groups in total. The first-order valence-corrected chi connectivity index (χ1v) is 2.40. The molecule has 0 aliphatic heterocycles. The summed E-state index contributed by atoms with van der Waals surface area (Å²) in [5.74, 6) is 0. The minimum atomic E-state index is 0.429. The van der Waals surface area contributed by atoms with E-state index in [1.165, 1.54) is 11.4 Å². The minimum Gasteiger partial charge on any atom is -0.510 e. The number of rotatable bonds is 2. The molecule has 0 saturated carbocycles. The average molecular weight is 136 g/mol. The van der Waals surface area contributed by atoms with Crippen molar-refractivity contribution < 1.29 is 10.5 Å². The Balaban J connectivity index is 2.87. The zero-order valence-corrected chi connectivity index (χ0v) is 4.46. The number of quaternary nitrogens is 2. The van der Waals surface area contributed by atoms with Crippen LogP contribution < -0.4 is 10.5 Å². The van der Waals surface area contributed by atoms with Crippen molar-refractivity contribution in [1.82, 2.24) is 0 Å². The normalized spacial score (nSPS) is 9.80. The predicted molar refractivity (Wildman–Crippen MR) is 49.5 cm³/mol. The molecule has 2 nitrogen and oxygen atoms in total. The molecule has 0 bridgehead atoms.